The van der Waals surface area contributed by atoms with Gasteiger partial charge in [-0.1, -0.05) is 6.92 Å². The number of piperazine rings is 1. The fraction of sp³-hybridized carbons (Fsp3) is 0.476. The van der Waals surface area contributed by atoms with Crippen molar-refractivity contribution in [2.24, 2.45) is 5.92 Å². The van der Waals surface area contributed by atoms with Gasteiger partial charge in [-0.05, 0) is 43.0 Å². The lowest BCUT2D eigenvalue weighted by atomic mass is 9.98. The molecule has 1 aromatic heterocycles. The molecule has 1 amide bonds. The molecule has 4 rings (SSSR count). The standard InChI is InChI=1S/C21H27FN6O/c1-15-5-10-28(11-6-15)19-14-16(27-12-8-23-9-13-27)2-3-17(19)25-20(29)18-4-7-24-21(22)26-18/h2-4,7,14-15,23H,5-6,8-13H2,1H3,(H,25,29). The molecule has 3 heterocycles. The quantitative estimate of drug-likeness (QED) is 0.771. The molecule has 0 aliphatic carbocycles. The number of nitrogens with zero attached hydrogens (tertiary/aromatic N) is 4. The van der Waals surface area contributed by atoms with E-state index in [1.54, 1.807) is 0 Å². The minimum absolute atomic E-state index is 0.0156. The Morgan fingerprint density at radius 3 is 2.62 bits per heavy atom. The van der Waals surface area contributed by atoms with Crippen LogP contribution >= 0.6 is 0 Å². The number of benzene rings is 1. The molecular formula is C21H27FN6O. The molecule has 2 fully saturated rings. The maximum atomic E-state index is 13.3. The summed E-state index contributed by atoms with van der Waals surface area (Å²) in [7, 11) is 0. The van der Waals surface area contributed by atoms with E-state index >= 15 is 0 Å². The molecule has 2 saturated heterocycles. The van der Waals surface area contributed by atoms with Gasteiger partial charge in [-0.2, -0.15) is 9.37 Å². The van der Waals surface area contributed by atoms with E-state index in [2.05, 4.69) is 43.4 Å². The SMILES string of the molecule is CC1CCN(c2cc(N3CCNCC3)ccc2NC(=O)c2ccnc(F)n2)CC1. The number of piperidine rings is 1. The predicted octanol–water partition coefficient (Wildman–Crippen LogP) is 2.51. The number of amides is 1. The molecule has 7 nitrogen and oxygen atoms in total. The molecule has 2 aromatic rings. The van der Waals surface area contributed by atoms with Gasteiger partial charge in [0, 0.05) is 51.2 Å². The van der Waals surface area contributed by atoms with Crippen molar-refractivity contribution in [1.29, 1.82) is 0 Å². The Kier molecular flexibility index (Phi) is 5.89. The lowest BCUT2D eigenvalue weighted by molar-refractivity contribution is 0.102. The zero-order valence-corrected chi connectivity index (χ0v) is 16.7. The van der Waals surface area contributed by atoms with Crippen LogP contribution in [0.25, 0.3) is 0 Å². The Labute approximate surface area is 170 Å². The number of nitrogens with one attached hydrogen (secondary N) is 2. The van der Waals surface area contributed by atoms with Crippen molar-refractivity contribution < 1.29 is 9.18 Å². The molecule has 0 bridgehead atoms. The summed E-state index contributed by atoms with van der Waals surface area (Å²) >= 11 is 0. The molecule has 2 aliphatic heterocycles. The molecular weight excluding hydrogens is 371 g/mol. The monoisotopic (exact) mass is 398 g/mol. The van der Waals surface area contributed by atoms with Crippen LogP contribution in [0.2, 0.25) is 0 Å². The number of aromatic nitrogens is 2. The molecule has 0 atom stereocenters. The highest BCUT2D eigenvalue weighted by Crippen LogP contribution is 2.34. The smallest absolute Gasteiger partial charge is 0.309 e. The number of carbonyl (C=O) groups is 1. The summed E-state index contributed by atoms with van der Waals surface area (Å²) in [6, 6.07) is 7.56. The van der Waals surface area contributed by atoms with Gasteiger partial charge in [0.1, 0.15) is 5.69 Å². The van der Waals surface area contributed by atoms with Gasteiger partial charge in [0.25, 0.3) is 5.91 Å². The largest absolute Gasteiger partial charge is 0.370 e. The van der Waals surface area contributed by atoms with Crippen molar-refractivity contribution in [2.45, 2.75) is 19.8 Å². The molecule has 0 radical (unpaired) electrons. The molecule has 1 aromatic carbocycles. The molecule has 2 N–H and O–H groups in total. The van der Waals surface area contributed by atoms with E-state index in [1.165, 1.54) is 12.3 Å². The predicted molar refractivity (Wildman–Crippen MR) is 112 cm³/mol. The number of halogens is 1. The van der Waals surface area contributed by atoms with Crippen molar-refractivity contribution in [2.75, 3.05) is 54.4 Å². The Hall–Kier alpha value is -2.74. The van der Waals surface area contributed by atoms with Gasteiger partial charge in [-0.25, -0.2) is 4.98 Å². The van der Waals surface area contributed by atoms with Crippen LogP contribution < -0.4 is 20.4 Å². The third kappa shape index (κ3) is 4.64. The Bertz CT molecular complexity index is 862. The maximum absolute atomic E-state index is 13.3. The number of carbonyl (C=O) groups excluding carboxylic acids is 1. The van der Waals surface area contributed by atoms with E-state index in [1.807, 2.05) is 12.1 Å². The van der Waals surface area contributed by atoms with E-state index in [0.717, 1.165) is 69.2 Å². The normalized spacial score (nSPS) is 18.0. The maximum Gasteiger partial charge on any atom is 0.309 e. The van der Waals surface area contributed by atoms with Crippen LogP contribution in [-0.2, 0) is 0 Å². The van der Waals surface area contributed by atoms with E-state index in [0.29, 0.717) is 5.92 Å². The first-order valence-electron chi connectivity index (χ1n) is 10.2. The Balaban J connectivity index is 1.61. The topological polar surface area (TPSA) is 73.4 Å². The van der Waals surface area contributed by atoms with E-state index in [9.17, 15) is 9.18 Å². The zero-order chi connectivity index (χ0) is 20.2. The van der Waals surface area contributed by atoms with Gasteiger partial charge in [-0.3, -0.25) is 4.79 Å². The molecule has 0 saturated carbocycles. The zero-order valence-electron chi connectivity index (χ0n) is 16.7. The second-order valence-corrected chi connectivity index (χ2v) is 7.77. The number of hydrogen-bond donors (Lipinski definition) is 2. The minimum Gasteiger partial charge on any atom is -0.370 e. The van der Waals surface area contributed by atoms with Gasteiger partial charge in [0.15, 0.2) is 0 Å². The van der Waals surface area contributed by atoms with Crippen molar-refractivity contribution >= 4 is 23.0 Å². The first-order chi connectivity index (χ1) is 14.1. The first-order valence-corrected chi connectivity index (χ1v) is 10.2. The third-order valence-electron chi connectivity index (χ3n) is 5.69. The summed E-state index contributed by atoms with van der Waals surface area (Å²) in [4.78, 5) is 24.3. The molecule has 0 unspecified atom stereocenters. The van der Waals surface area contributed by atoms with E-state index in [4.69, 9.17) is 0 Å². The molecule has 154 valence electrons. The summed E-state index contributed by atoms with van der Waals surface area (Å²) in [6.07, 6.45) is 2.60. The van der Waals surface area contributed by atoms with Gasteiger partial charge in [0.2, 0.25) is 0 Å². The van der Waals surface area contributed by atoms with Crippen LogP contribution in [0.5, 0.6) is 0 Å². The van der Waals surface area contributed by atoms with Gasteiger partial charge < -0.3 is 20.4 Å². The van der Waals surface area contributed by atoms with Crippen LogP contribution in [0.3, 0.4) is 0 Å². The fourth-order valence-corrected chi connectivity index (χ4v) is 3.90. The lowest BCUT2D eigenvalue weighted by Gasteiger charge is -2.35. The van der Waals surface area contributed by atoms with Crippen molar-refractivity contribution in [3.63, 3.8) is 0 Å². The van der Waals surface area contributed by atoms with Gasteiger partial charge >= 0.3 is 6.08 Å². The summed E-state index contributed by atoms with van der Waals surface area (Å²) in [5.41, 5.74) is 2.91. The van der Waals surface area contributed by atoms with Gasteiger partial charge in [-0.15, -0.1) is 0 Å². The third-order valence-corrected chi connectivity index (χ3v) is 5.69. The number of rotatable bonds is 4. The second-order valence-electron chi connectivity index (χ2n) is 7.77. The van der Waals surface area contributed by atoms with Crippen LogP contribution in [0.4, 0.5) is 21.5 Å². The average molecular weight is 398 g/mol. The lowest BCUT2D eigenvalue weighted by Crippen LogP contribution is -2.43. The van der Waals surface area contributed by atoms with Crippen LogP contribution in [-0.4, -0.2) is 55.1 Å². The number of anilines is 3. The van der Waals surface area contributed by atoms with Crippen LogP contribution in [0, 0.1) is 12.0 Å². The summed E-state index contributed by atoms with van der Waals surface area (Å²) in [5, 5.41) is 6.30. The highest BCUT2D eigenvalue weighted by atomic mass is 19.1. The van der Waals surface area contributed by atoms with Crippen molar-refractivity contribution in [3.05, 3.63) is 42.2 Å². The number of hydrogen-bond acceptors (Lipinski definition) is 6. The molecule has 0 spiro atoms. The minimum atomic E-state index is -0.906. The summed E-state index contributed by atoms with van der Waals surface area (Å²) < 4.78 is 13.3. The Morgan fingerprint density at radius 2 is 1.90 bits per heavy atom. The summed E-state index contributed by atoms with van der Waals surface area (Å²) in [5.74, 6) is 0.275. The molecule has 2 aliphatic rings. The Morgan fingerprint density at radius 1 is 1.14 bits per heavy atom. The highest BCUT2D eigenvalue weighted by molar-refractivity contribution is 6.04. The average Bonchev–Trinajstić information content (AvgIpc) is 2.75. The second kappa shape index (κ2) is 8.73. The molecule has 8 heteroatoms. The van der Waals surface area contributed by atoms with Crippen LogP contribution in [0.1, 0.15) is 30.3 Å². The van der Waals surface area contributed by atoms with Gasteiger partial charge in [0.05, 0.1) is 11.4 Å². The van der Waals surface area contributed by atoms with E-state index in [-0.39, 0.29) is 5.69 Å². The first kappa shape index (κ1) is 19.6. The fourth-order valence-electron chi connectivity index (χ4n) is 3.90. The molecule has 29 heavy (non-hydrogen) atoms. The van der Waals surface area contributed by atoms with E-state index < -0.39 is 12.0 Å². The summed E-state index contributed by atoms with van der Waals surface area (Å²) in [6.45, 7) is 8.04. The van der Waals surface area contributed by atoms with Crippen LogP contribution in [0.15, 0.2) is 30.5 Å². The van der Waals surface area contributed by atoms with Crippen molar-refractivity contribution in [3.8, 4) is 0 Å². The van der Waals surface area contributed by atoms with Crippen molar-refractivity contribution in [1.82, 2.24) is 15.3 Å². The highest BCUT2D eigenvalue weighted by Gasteiger charge is 2.22.